The van der Waals surface area contributed by atoms with Gasteiger partial charge < -0.3 is 10.6 Å². The van der Waals surface area contributed by atoms with Crippen molar-refractivity contribution in [3.63, 3.8) is 0 Å². The maximum Gasteiger partial charge on any atom is 0.234 e. The maximum absolute atomic E-state index is 12.1. The van der Waals surface area contributed by atoms with Crippen LogP contribution >= 0.6 is 11.8 Å². The quantitative estimate of drug-likeness (QED) is 0.735. The van der Waals surface area contributed by atoms with Crippen LogP contribution in [0.15, 0.2) is 48.5 Å². The van der Waals surface area contributed by atoms with E-state index in [1.807, 2.05) is 50.2 Å². The van der Waals surface area contributed by atoms with Crippen LogP contribution in [0.25, 0.3) is 0 Å². The highest BCUT2D eigenvalue weighted by molar-refractivity contribution is 8.00. The first kappa shape index (κ1) is 20.0. The predicted octanol–water partition coefficient (Wildman–Crippen LogP) is 4.11. The molecule has 2 amide bonds. The number of carbonyl (C=O) groups is 2. The Morgan fingerprint density at radius 2 is 1.73 bits per heavy atom. The van der Waals surface area contributed by atoms with E-state index in [0.717, 1.165) is 23.2 Å². The molecule has 0 aliphatic rings. The van der Waals surface area contributed by atoms with Gasteiger partial charge in [-0.05, 0) is 49.1 Å². The van der Waals surface area contributed by atoms with Gasteiger partial charge in [-0.25, -0.2) is 0 Å². The normalized spacial score (nSPS) is 11.7. The number of hydrogen-bond donors (Lipinski definition) is 2. The van der Waals surface area contributed by atoms with E-state index in [-0.39, 0.29) is 29.4 Å². The summed E-state index contributed by atoms with van der Waals surface area (Å²) in [6.45, 7) is 6.06. The Kier molecular flexibility index (Phi) is 7.73. The summed E-state index contributed by atoms with van der Waals surface area (Å²) in [6, 6.07) is 15.9. The van der Waals surface area contributed by atoms with Crippen LogP contribution in [0.4, 0.5) is 5.69 Å². The molecule has 0 aliphatic carbocycles. The van der Waals surface area contributed by atoms with E-state index in [4.69, 9.17) is 0 Å². The Labute approximate surface area is 159 Å². The fourth-order valence-corrected chi connectivity index (χ4v) is 3.19. The molecule has 4 nitrogen and oxygen atoms in total. The molecule has 0 heterocycles. The van der Waals surface area contributed by atoms with Crippen molar-refractivity contribution in [3.05, 3.63) is 65.2 Å². The standard InChI is InChI=1S/C21H26N2O2S/c1-4-17-8-10-18(11-9-17)16(3)22-20(24)13-26-14-21(25)23-19-7-5-6-15(2)12-19/h5-12,16H,4,13-14H2,1-3H3,(H,22,24)(H,23,25). The Hall–Kier alpha value is -2.27. The van der Waals surface area contributed by atoms with Crippen molar-refractivity contribution in [1.82, 2.24) is 5.32 Å². The van der Waals surface area contributed by atoms with Gasteiger partial charge in [0.15, 0.2) is 0 Å². The Morgan fingerprint density at radius 1 is 1.04 bits per heavy atom. The zero-order valence-electron chi connectivity index (χ0n) is 15.5. The zero-order valence-corrected chi connectivity index (χ0v) is 16.4. The SMILES string of the molecule is CCc1ccc(C(C)NC(=O)CSCC(=O)Nc2cccc(C)c2)cc1. The van der Waals surface area contributed by atoms with E-state index in [0.29, 0.717) is 0 Å². The molecule has 0 radical (unpaired) electrons. The Morgan fingerprint density at radius 3 is 2.38 bits per heavy atom. The van der Waals surface area contributed by atoms with Crippen molar-refractivity contribution in [2.75, 3.05) is 16.8 Å². The van der Waals surface area contributed by atoms with Crippen LogP contribution in [0.3, 0.4) is 0 Å². The third-order valence-electron chi connectivity index (χ3n) is 4.03. The van der Waals surface area contributed by atoms with E-state index in [1.54, 1.807) is 0 Å². The molecule has 2 aromatic carbocycles. The highest BCUT2D eigenvalue weighted by Gasteiger charge is 2.11. The number of thioether (sulfide) groups is 1. The molecule has 0 fully saturated rings. The lowest BCUT2D eigenvalue weighted by Crippen LogP contribution is -2.28. The fraction of sp³-hybridized carbons (Fsp3) is 0.333. The second kappa shape index (κ2) is 10.0. The van der Waals surface area contributed by atoms with Crippen LogP contribution in [-0.2, 0) is 16.0 Å². The summed E-state index contributed by atoms with van der Waals surface area (Å²) in [7, 11) is 0. The first-order valence-electron chi connectivity index (χ1n) is 8.80. The third kappa shape index (κ3) is 6.56. The highest BCUT2D eigenvalue weighted by Crippen LogP contribution is 2.14. The van der Waals surface area contributed by atoms with Crippen molar-refractivity contribution in [2.24, 2.45) is 0 Å². The average molecular weight is 371 g/mol. The third-order valence-corrected chi connectivity index (χ3v) is 4.97. The van der Waals surface area contributed by atoms with Crippen LogP contribution < -0.4 is 10.6 Å². The van der Waals surface area contributed by atoms with Crippen LogP contribution in [0.5, 0.6) is 0 Å². The molecule has 26 heavy (non-hydrogen) atoms. The first-order chi connectivity index (χ1) is 12.5. The molecule has 1 unspecified atom stereocenters. The lowest BCUT2D eigenvalue weighted by atomic mass is 10.1. The molecule has 0 saturated heterocycles. The Bertz CT molecular complexity index is 744. The molecule has 0 aliphatic heterocycles. The minimum Gasteiger partial charge on any atom is -0.349 e. The van der Waals surface area contributed by atoms with Gasteiger partial charge in [0.2, 0.25) is 11.8 Å². The molecule has 1 atom stereocenters. The molecule has 0 aromatic heterocycles. The number of benzene rings is 2. The van der Waals surface area contributed by atoms with Crippen LogP contribution in [0, 0.1) is 6.92 Å². The van der Waals surface area contributed by atoms with Gasteiger partial charge in [-0.2, -0.15) is 0 Å². The molecule has 0 spiro atoms. The Balaban J connectivity index is 1.71. The highest BCUT2D eigenvalue weighted by atomic mass is 32.2. The molecule has 138 valence electrons. The fourth-order valence-electron chi connectivity index (χ4n) is 2.56. The summed E-state index contributed by atoms with van der Waals surface area (Å²) in [5, 5.41) is 5.82. The molecule has 5 heteroatoms. The minimum absolute atomic E-state index is 0.0462. The average Bonchev–Trinajstić information content (AvgIpc) is 2.61. The van der Waals surface area contributed by atoms with Gasteiger partial charge in [0.25, 0.3) is 0 Å². The van der Waals surface area contributed by atoms with Crippen molar-refractivity contribution in [3.8, 4) is 0 Å². The van der Waals surface area contributed by atoms with Crippen molar-refractivity contribution in [1.29, 1.82) is 0 Å². The lowest BCUT2D eigenvalue weighted by Gasteiger charge is -2.14. The number of amides is 2. The number of anilines is 1. The largest absolute Gasteiger partial charge is 0.349 e. The van der Waals surface area contributed by atoms with E-state index < -0.39 is 0 Å². The van der Waals surface area contributed by atoms with Gasteiger partial charge in [0, 0.05) is 5.69 Å². The summed E-state index contributed by atoms with van der Waals surface area (Å²) >= 11 is 1.31. The van der Waals surface area contributed by atoms with Crippen LogP contribution in [-0.4, -0.2) is 23.3 Å². The minimum atomic E-state index is -0.100. The van der Waals surface area contributed by atoms with E-state index >= 15 is 0 Å². The zero-order chi connectivity index (χ0) is 18.9. The smallest absolute Gasteiger partial charge is 0.234 e. The van der Waals surface area contributed by atoms with Crippen molar-refractivity contribution in [2.45, 2.75) is 33.2 Å². The monoisotopic (exact) mass is 370 g/mol. The van der Waals surface area contributed by atoms with Gasteiger partial charge in [0.05, 0.1) is 17.5 Å². The summed E-state index contributed by atoms with van der Waals surface area (Å²) in [5.74, 6) is 0.349. The summed E-state index contributed by atoms with van der Waals surface area (Å²) < 4.78 is 0. The number of nitrogens with one attached hydrogen (secondary N) is 2. The second-order valence-corrected chi connectivity index (χ2v) is 7.28. The molecule has 2 aromatic rings. The topological polar surface area (TPSA) is 58.2 Å². The molecular formula is C21H26N2O2S. The summed E-state index contributed by atoms with van der Waals surface area (Å²) in [5.41, 5.74) is 4.24. The predicted molar refractivity (Wildman–Crippen MR) is 110 cm³/mol. The first-order valence-corrected chi connectivity index (χ1v) is 9.96. The van der Waals surface area contributed by atoms with Crippen LogP contribution in [0.2, 0.25) is 0 Å². The number of aryl methyl sites for hydroxylation is 2. The van der Waals surface area contributed by atoms with Gasteiger partial charge in [-0.3, -0.25) is 9.59 Å². The maximum atomic E-state index is 12.1. The number of rotatable bonds is 8. The molecule has 0 bridgehead atoms. The lowest BCUT2D eigenvalue weighted by molar-refractivity contribution is -0.119. The van der Waals surface area contributed by atoms with E-state index in [1.165, 1.54) is 17.3 Å². The van der Waals surface area contributed by atoms with Gasteiger partial charge in [-0.15, -0.1) is 11.8 Å². The number of carbonyl (C=O) groups excluding carboxylic acids is 2. The summed E-state index contributed by atoms with van der Waals surface area (Å²) in [4.78, 5) is 24.0. The number of hydrogen-bond acceptors (Lipinski definition) is 3. The van der Waals surface area contributed by atoms with Gasteiger partial charge >= 0.3 is 0 Å². The van der Waals surface area contributed by atoms with E-state index in [9.17, 15) is 9.59 Å². The van der Waals surface area contributed by atoms with Gasteiger partial charge in [-0.1, -0.05) is 43.3 Å². The molecule has 0 saturated carbocycles. The summed E-state index contributed by atoms with van der Waals surface area (Å²) in [6.07, 6.45) is 1.00. The molecular weight excluding hydrogens is 344 g/mol. The van der Waals surface area contributed by atoms with Crippen molar-refractivity contribution >= 4 is 29.3 Å². The molecule has 2 rings (SSSR count). The van der Waals surface area contributed by atoms with Crippen LogP contribution in [0.1, 0.15) is 36.6 Å². The van der Waals surface area contributed by atoms with Crippen molar-refractivity contribution < 1.29 is 9.59 Å². The molecule has 2 N–H and O–H groups in total. The van der Waals surface area contributed by atoms with E-state index in [2.05, 4.69) is 29.7 Å². The second-order valence-electron chi connectivity index (χ2n) is 6.29. The van der Waals surface area contributed by atoms with Gasteiger partial charge in [0.1, 0.15) is 0 Å².